The highest BCUT2D eigenvalue weighted by molar-refractivity contribution is 5.87. The third-order valence-corrected chi connectivity index (χ3v) is 6.30. The van der Waals surface area contributed by atoms with E-state index >= 15 is 0 Å². The number of rotatable bonds is 4. The molecule has 1 atom stereocenters. The Kier molecular flexibility index (Phi) is 6.37. The molecule has 1 aliphatic rings. The first-order chi connectivity index (χ1) is 17.7. The van der Waals surface area contributed by atoms with Crippen molar-refractivity contribution in [2.24, 2.45) is 0 Å². The number of likely N-dealkylation sites (tertiary alicyclic amines) is 1. The fourth-order valence-electron chi connectivity index (χ4n) is 4.73. The van der Waals surface area contributed by atoms with Gasteiger partial charge in [-0.15, -0.1) is 0 Å². The molecule has 192 valence electrons. The Labute approximate surface area is 215 Å². The van der Waals surface area contributed by atoms with Crippen molar-refractivity contribution in [1.82, 2.24) is 19.0 Å². The lowest BCUT2D eigenvalue weighted by molar-refractivity contribution is 0.0173. The Balaban J connectivity index is 1.50. The lowest BCUT2D eigenvalue weighted by Gasteiger charge is -2.34. The van der Waals surface area contributed by atoms with Gasteiger partial charge in [-0.3, -0.25) is 9.13 Å². The molecule has 37 heavy (non-hydrogen) atoms. The molecular formula is C28H31N5O4. The molecule has 1 saturated heterocycles. The summed E-state index contributed by atoms with van der Waals surface area (Å²) in [5, 5.41) is 0. The molecule has 0 spiro atoms. The van der Waals surface area contributed by atoms with Crippen LogP contribution in [-0.4, -0.2) is 43.8 Å². The van der Waals surface area contributed by atoms with Gasteiger partial charge in [-0.25, -0.2) is 14.6 Å². The topological polar surface area (TPSA) is 105 Å². The number of amides is 1. The molecular weight excluding hydrogens is 470 g/mol. The number of imidazole rings is 1. The third kappa shape index (κ3) is 5.02. The van der Waals surface area contributed by atoms with E-state index in [-0.39, 0.29) is 23.6 Å². The van der Waals surface area contributed by atoms with Crippen molar-refractivity contribution >= 4 is 22.9 Å². The molecule has 0 bridgehead atoms. The van der Waals surface area contributed by atoms with Crippen molar-refractivity contribution < 1.29 is 14.3 Å². The highest BCUT2D eigenvalue weighted by atomic mass is 16.6. The number of aromatic nitrogens is 3. The third-order valence-electron chi connectivity index (χ3n) is 6.30. The van der Waals surface area contributed by atoms with Crippen molar-refractivity contribution in [2.75, 3.05) is 18.8 Å². The Morgan fingerprint density at radius 3 is 2.43 bits per heavy atom. The molecule has 1 fully saturated rings. The minimum atomic E-state index is -0.590. The predicted octanol–water partition coefficient (Wildman–Crippen LogP) is 5.13. The zero-order chi connectivity index (χ0) is 26.2. The Morgan fingerprint density at radius 2 is 1.73 bits per heavy atom. The van der Waals surface area contributed by atoms with Gasteiger partial charge in [0.2, 0.25) is 0 Å². The molecule has 0 aliphatic carbocycles. The van der Waals surface area contributed by atoms with Gasteiger partial charge in [-0.2, -0.15) is 0 Å². The summed E-state index contributed by atoms with van der Waals surface area (Å²) >= 11 is 0. The fourth-order valence-corrected chi connectivity index (χ4v) is 4.73. The van der Waals surface area contributed by atoms with Crippen LogP contribution in [0.15, 0.2) is 71.7 Å². The molecule has 2 aromatic heterocycles. The second-order valence-corrected chi connectivity index (χ2v) is 10.2. The van der Waals surface area contributed by atoms with E-state index in [1.807, 2.05) is 75.4 Å². The maximum atomic E-state index is 13.9. The number of ether oxygens (including phenoxy) is 2. The van der Waals surface area contributed by atoms with Crippen LogP contribution < -0.4 is 16.2 Å². The van der Waals surface area contributed by atoms with Crippen molar-refractivity contribution in [2.45, 2.75) is 45.3 Å². The summed E-state index contributed by atoms with van der Waals surface area (Å²) in [5.41, 5.74) is 7.33. The van der Waals surface area contributed by atoms with Crippen molar-refractivity contribution in [3.8, 4) is 17.2 Å². The molecule has 2 aromatic carbocycles. The summed E-state index contributed by atoms with van der Waals surface area (Å²) in [4.78, 5) is 32.6. The van der Waals surface area contributed by atoms with Gasteiger partial charge in [0.05, 0.1) is 17.2 Å². The molecule has 9 nitrogen and oxygen atoms in total. The Hall–Kier alpha value is -4.27. The summed E-state index contributed by atoms with van der Waals surface area (Å²) in [6.45, 7) is 6.49. The number of hydrogen-bond donors (Lipinski definition) is 1. The van der Waals surface area contributed by atoms with E-state index in [0.29, 0.717) is 35.6 Å². The number of para-hydroxylation sites is 1. The monoisotopic (exact) mass is 501 g/mol. The van der Waals surface area contributed by atoms with Gasteiger partial charge in [0.15, 0.2) is 0 Å². The lowest BCUT2D eigenvalue weighted by Crippen LogP contribution is -2.45. The van der Waals surface area contributed by atoms with Gasteiger partial charge in [-0.1, -0.05) is 18.2 Å². The quantitative estimate of drug-likeness (QED) is 0.416. The maximum absolute atomic E-state index is 13.9. The average Bonchev–Trinajstić information content (AvgIpc) is 3.17. The molecule has 2 N–H and O–H groups in total. The number of nitrogens with two attached hydrogens (primary N) is 1. The van der Waals surface area contributed by atoms with Gasteiger partial charge >= 0.3 is 11.8 Å². The normalized spacial score (nSPS) is 16.1. The van der Waals surface area contributed by atoms with Gasteiger partial charge in [0.1, 0.15) is 28.4 Å². The van der Waals surface area contributed by atoms with Crippen LogP contribution in [0.4, 0.5) is 10.6 Å². The summed E-state index contributed by atoms with van der Waals surface area (Å²) in [6, 6.07) is 18.3. The molecule has 1 aliphatic heterocycles. The number of nitrogen functional groups attached to an aromatic ring is 1. The fraction of sp³-hybridized carbons (Fsp3) is 0.321. The molecule has 0 saturated carbocycles. The van der Waals surface area contributed by atoms with Gasteiger partial charge in [0.25, 0.3) is 0 Å². The molecule has 5 rings (SSSR count). The standard InChI is InChI=1S/C28H31N5O4/c1-28(2,3)37-27(35)31-17-7-8-20(18-31)32-23-15-16-30-25(29)24(23)33(26(32)34)19-11-13-22(14-12-19)36-21-9-5-4-6-10-21/h4-6,9-16,20H,7-8,17-18H2,1-3H3,(H2,29,30)/t20-/m1/s1. The number of piperidine rings is 1. The molecule has 4 aromatic rings. The lowest BCUT2D eigenvalue weighted by atomic mass is 10.1. The number of anilines is 1. The van der Waals surface area contributed by atoms with Crippen molar-refractivity contribution in [3.05, 3.63) is 77.3 Å². The average molecular weight is 502 g/mol. The summed E-state index contributed by atoms with van der Waals surface area (Å²) in [7, 11) is 0. The largest absolute Gasteiger partial charge is 0.457 e. The second-order valence-electron chi connectivity index (χ2n) is 10.2. The first kappa shape index (κ1) is 24.4. The van der Waals surface area contributed by atoms with Crippen LogP contribution in [0.3, 0.4) is 0 Å². The van der Waals surface area contributed by atoms with Crippen molar-refractivity contribution in [1.29, 1.82) is 0 Å². The van der Waals surface area contributed by atoms with Crippen LogP contribution in [0.25, 0.3) is 16.7 Å². The van der Waals surface area contributed by atoms with E-state index in [9.17, 15) is 9.59 Å². The minimum Gasteiger partial charge on any atom is -0.457 e. The highest BCUT2D eigenvalue weighted by Crippen LogP contribution is 2.30. The van der Waals surface area contributed by atoms with Crippen LogP contribution >= 0.6 is 0 Å². The number of nitrogens with zero attached hydrogens (tertiary/aromatic N) is 4. The van der Waals surface area contributed by atoms with Crippen molar-refractivity contribution in [3.63, 3.8) is 0 Å². The van der Waals surface area contributed by atoms with Crippen LogP contribution in [0, 0.1) is 0 Å². The number of pyridine rings is 1. The molecule has 0 unspecified atom stereocenters. The summed E-state index contributed by atoms with van der Waals surface area (Å²) in [5.74, 6) is 1.64. The van der Waals surface area contributed by atoms with E-state index < -0.39 is 5.60 Å². The van der Waals surface area contributed by atoms with E-state index in [0.717, 1.165) is 18.6 Å². The molecule has 0 radical (unpaired) electrons. The minimum absolute atomic E-state index is 0.222. The number of benzene rings is 2. The number of hydrogen-bond acceptors (Lipinski definition) is 6. The van der Waals surface area contributed by atoms with E-state index in [1.54, 1.807) is 26.3 Å². The number of carbonyl (C=O) groups is 1. The second kappa shape index (κ2) is 9.65. The highest BCUT2D eigenvalue weighted by Gasteiger charge is 2.31. The van der Waals surface area contributed by atoms with Gasteiger partial charge in [-0.05, 0) is 76.1 Å². The molecule has 1 amide bonds. The van der Waals surface area contributed by atoms with Gasteiger partial charge < -0.3 is 20.1 Å². The number of fused-ring (bicyclic) bond motifs is 1. The van der Waals surface area contributed by atoms with Gasteiger partial charge in [0, 0.05) is 19.3 Å². The Bertz CT molecular complexity index is 1470. The van der Waals surface area contributed by atoms with E-state index in [4.69, 9.17) is 15.2 Å². The zero-order valence-corrected chi connectivity index (χ0v) is 21.3. The summed E-state index contributed by atoms with van der Waals surface area (Å²) < 4.78 is 14.8. The summed E-state index contributed by atoms with van der Waals surface area (Å²) in [6.07, 6.45) is 2.74. The molecule has 9 heteroatoms. The molecule has 3 heterocycles. The first-order valence-corrected chi connectivity index (χ1v) is 12.4. The van der Waals surface area contributed by atoms with E-state index in [2.05, 4.69) is 4.98 Å². The maximum Gasteiger partial charge on any atom is 0.410 e. The first-order valence-electron chi connectivity index (χ1n) is 12.4. The number of carbonyl (C=O) groups excluding carboxylic acids is 1. The van der Waals surface area contributed by atoms with Crippen LogP contribution in [0.1, 0.15) is 39.7 Å². The van der Waals surface area contributed by atoms with Crippen LogP contribution in [-0.2, 0) is 4.74 Å². The predicted molar refractivity (Wildman–Crippen MR) is 142 cm³/mol. The van der Waals surface area contributed by atoms with Crippen LogP contribution in [0.5, 0.6) is 11.5 Å². The smallest absolute Gasteiger partial charge is 0.410 e. The zero-order valence-electron chi connectivity index (χ0n) is 21.3. The van der Waals surface area contributed by atoms with E-state index in [1.165, 1.54) is 0 Å². The Morgan fingerprint density at radius 1 is 1.03 bits per heavy atom. The van der Waals surface area contributed by atoms with Crippen LogP contribution in [0.2, 0.25) is 0 Å². The SMILES string of the molecule is CC(C)(C)OC(=O)N1CCC[C@@H](n2c(=O)n(-c3ccc(Oc4ccccc4)cc3)c3c(N)nccc32)C1.